The zero-order chi connectivity index (χ0) is 11.3. The van der Waals surface area contributed by atoms with Gasteiger partial charge in [0.15, 0.2) is 0 Å². The van der Waals surface area contributed by atoms with E-state index in [9.17, 15) is 0 Å². The average Bonchev–Trinajstić information content (AvgIpc) is 2.26. The molecule has 0 saturated heterocycles. The van der Waals surface area contributed by atoms with Gasteiger partial charge in [-0.25, -0.2) is 0 Å². The molecule has 0 radical (unpaired) electrons. The lowest BCUT2D eigenvalue weighted by Gasteiger charge is -2.40. The summed E-state index contributed by atoms with van der Waals surface area (Å²) in [5.41, 5.74) is 6.06. The maximum atomic E-state index is 6.19. The van der Waals surface area contributed by atoms with Crippen LogP contribution >= 0.6 is 0 Å². The zero-order valence-corrected chi connectivity index (χ0v) is 10.3. The smallest absolute Gasteiger partial charge is 0.0851 e. The lowest BCUT2D eigenvalue weighted by molar-refractivity contribution is -0.0819. The van der Waals surface area contributed by atoms with Crippen molar-refractivity contribution in [1.29, 1.82) is 0 Å². The van der Waals surface area contributed by atoms with Gasteiger partial charge in [-0.05, 0) is 26.7 Å². The molecule has 1 atom stereocenters. The fourth-order valence-corrected chi connectivity index (χ4v) is 2.32. The van der Waals surface area contributed by atoms with Crippen molar-refractivity contribution in [2.45, 2.75) is 63.7 Å². The third kappa shape index (κ3) is 3.44. The van der Waals surface area contributed by atoms with Crippen molar-refractivity contribution in [3.8, 4) is 0 Å². The van der Waals surface area contributed by atoms with Crippen LogP contribution in [0.5, 0.6) is 0 Å². The van der Waals surface area contributed by atoms with Gasteiger partial charge >= 0.3 is 0 Å². The van der Waals surface area contributed by atoms with Crippen LogP contribution in [0.1, 0.15) is 46.0 Å². The minimum Gasteiger partial charge on any atom is -0.377 e. The Morgan fingerprint density at radius 2 is 1.80 bits per heavy atom. The van der Waals surface area contributed by atoms with E-state index in [1.54, 1.807) is 7.11 Å². The molecule has 1 fully saturated rings. The maximum Gasteiger partial charge on any atom is 0.0851 e. The normalized spacial score (nSPS) is 23.0. The second kappa shape index (κ2) is 5.83. The summed E-state index contributed by atoms with van der Waals surface area (Å²) in [6.07, 6.45) is 6.15. The summed E-state index contributed by atoms with van der Waals surface area (Å²) in [4.78, 5) is 0. The van der Waals surface area contributed by atoms with Crippen molar-refractivity contribution in [3.63, 3.8) is 0 Å². The van der Waals surface area contributed by atoms with Gasteiger partial charge in [0, 0.05) is 7.11 Å². The topological polar surface area (TPSA) is 44.5 Å². The van der Waals surface area contributed by atoms with Crippen LogP contribution < -0.4 is 5.73 Å². The molecule has 0 aliphatic heterocycles. The second-order valence-corrected chi connectivity index (χ2v) is 4.82. The first-order valence-electron chi connectivity index (χ1n) is 6.03. The highest BCUT2D eigenvalue weighted by Gasteiger charge is 2.38. The Balaban J connectivity index is 2.48. The Kier molecular flexibility index (Phi) is 5.03. The van der Waals surface area contributed by atoms with Gasteiger partial charge in [-0.2, -0.15) is 0 Å². The van der Waals surface area contributed by atoms with Crippen molar-refractivity contribution in [2.75, 3.05) is 13.7 Å². The number of rotatable bonds is 5. The number of methoxy groups -OCH3 is 1. The molecule has 1 rings (SSSR count). The Morgan fingerprint density at radius 1 is 1.20 bits per heavy atom. The first-order valence-corrected chi connectivity index (χ1v) is 6.03. The molecule has 1 unspecified atom stereocenters. The second-order valence-electron chi connectivity index (χ2n) is 4.82. The zero-order valence-electron chi connectivity index (χ0n) is 10.3. The third-order valence-electron chi connectivity index (χ3n) is 3.39. The van der Waals surface area contributed by atoms with Crippen molar-refractivity contribution in [1.82, 2.24) is 0 Å². The minimum absolute atomic E-state index is 0.00481. The molecule has 3 nitrogen and oxygen atoms in total. The van der Waals surface area contributed by atoms with Crippen molar-refractivity contribution >= 4 is 0 Å². The van der Waals surface area contributed by atoms with Crippen molar-refractivity contribution in [2.24, 2.45) is 5.73 Å². The van der Waals surface area contributed by atoms with E-state index in [0.29, 0.717) is 6.61 Å². The molecular formula is C12H25NO2. The van der Waals surface area contributed by atoms with E-state index >= 15 is 0 Å². The molecular weight excluding hydrogens is 190 g/mol. The molecule has 0 spiro atoms. The summed E-state index contributed by atoms with van der Waals surface area (Å²) in [7, 11) is 1.78. The molecule has 90 valence electrons. The molecule has 1 saturated carbocycles. The summed E-state index contributed by atoms with van der Waals surface area (Å²) >= 11 is 0. The van der Waals surface area contributed by atoms with Gasteiger partial charge in [0.2, 0.25) is 0 Å². The molecule has 2 N–H and O–H groups in total. The van der Waals surface area contributed by atoms with E-state index in [1.807, 2.05) is 13.8 Å². The highest BCUT2D eigenvalue weighted by molar-refractivity contribution is 4.93. The SMILES string of the molecule is COC1(C(N)COC(C)C)CCCCC1. The van der Waals surface area contributed by atoms with E-state index in [2.05, 4.69) is 0 Å². The standard InChI is InChI=1S/C12H25NO2/c1-10(2)15-9-11(13)12(14-3)7-5-4-6-8-12/h10-11H,4-9,13H2,1-3H3. The average molecular weight is 215 g/mol. The number of ether oxygens (including phenoxy) is 2. The first-order chi connectivity index (χ1) is 7.10. The predicted molar refractivity (Wildman–Crippen MR) is 61.9 cm³/mol. The molecule has 0 aromatic carbocycles. The minimum atomic E-state index is -0.132. The van der Waals surface area contributed by atoms with Gasteiger partial charge in [0.25, 0.3) is 0 Å². The summed E-state index contributed by atoms with van der Waals surface area (Å²) < 4.78 is 11.2. The molecule has 0 aromatic rings. The van der Waals surface area contributed by atoms with E-state index in [1.165, 1.54) is 19.3 Å². The van der Waals surface area contributed by atoms with Gasteiger partial charge in [-0.1, -0.05) is 19.3 Å². The van der Waals surface area contributed by atoms with Crippen LogP contribution in [0.25, 0.3) is 0 Å². The van der Waals surface area contributed by atoms with Gasteiger partial charge < -0.3 is 15.2 Å². The Labute approximate surface area is 93.3 Å². The summed E-state index contributed by atoms with van der Waals surface area (Å²) in [5.74, 6) is 0. The molecule has 1 aliphatic rings. The molecule has 0 amide bonds. The molecule has 3 heteroatoms. The van der Waals surface area contributed by atoms with Gasteiger partial charge in [0.05, 0.1) is 24.4 Å². The van der Waals surface area contributed by atoms with Crippen LogP contribution in [0.4, 0.5) is 0 Å². The van der Waals surface area contributed by atoms with Crippen molar-refractivity contribution in [3.05, 3.63) is 0 Å². The van der Waals surface area contributed by atoms with Crippen molar-refractivity contribution < 1.29 is 9.47 Å². The van der Waals surface area contributed by atoms with Crippen LogP contribution in [0.15, 0.2) is 0 Å². The monoisotopic (exact) mass is 215 g/mol. The van der Waals surface area contributed by atoms with Crippen LogP contribution in [-0.4, -0.2) is 31.5 Å². The molecule has 0 aromatic heterocycles. The summed E-state index contributed by atoms with van der Waals surface area (Å²) in [6, 6.07) is 0.00481. The van der Waals surface area contributed by atoms with Crippen LogP contribution in [0.2, 0.25) is 0 Å². The van der Waals surface area contributed by atoms with Crippen LogP contribution in [0, 0.1) is 0 Å². The van der Waals surface area contributed by atoms with Gasteiger partial charge in [-0.3, -0.25) is 0 Å². The predicted octanol–water partition coefficient (Wildman–Crippen LogP) is 2.09. The highest BCUT2D eigenvalue weighted by Crippen LogP contribution is 2.33. The first kappa shape index (κ1) is 12.9. The van der Waals surface area contributed by atoms with Crippen LogP contribution in [-0.2, 0) is 9.47 Å². The molecule has 0 heterocycles. The lowest BCUT2D eigenvalue weighted by atomic mass is 9.79. The van der Waals surface area contributed by atoms with Gasteiger partial charge in [-0.15, -0.1) is 0 Å². The molecule has 15 heavy (non-hydrogen) atoms. The van der Waals surface area contributed by atoms with Gasteiger partial charge in [0.1, 0.15) is 0 Å². The number of hydrogen-bond acceptors (Lipinski definition) is 3. The quantitative estimate of drug-likeness (QED) is 0.763. The molecule has 1 aliphatic carbocycles. The largest absolute Gasteiger partial charge is 0.377 e. The van der Waals surface area contributed by atoms with Crippen LogP contribution in [0.3, 0.4) is 0 Å². The maximum absolute atomic E-state index is 6.19. The Bertz CT molecular complexity index is 176. The number of nitrogens with two attached hydrogens (primary N) is 1. The third-order valence-corrected chi connectivity index (χ3v) is 3.39. The van der Waals surface area contributed by atoms with E-state index in [0.717, 1.165) is 12.8 Å². The molecule has 0 bridgehead atoms. The summed E-state index contributed by atoms with van der Waals surface area (Å²) in [5, 5.41) is 0. The highest BCUT2D eigenvalue weighted by atomic mass is 16.5. The summed E-state index contributed by atoms with van der Waals surface area (Å²) in [6.45, 7) is 4.67. The lowest BCUT2D eigenvalue weighted by Crippen LogP contribution is -2.53. The fraction of sp³-hybridized carbons (Fsp3) is 1.00. The van der Waals surface area contributed by atoms with E-state index < -0.39 is 0 Å². The Morgan fingerprint density at radius 3 is 2.27 bits per heavy atom. The Hall–Kier alpha value is -0.120. The van der Waals surface area contributed by atoms with E-state index in [4.69, 9.17) is 15.2 Å². The fourth-order valence-electron chi connectivity index (χ4n) is 2.32. The number of hydrogen-bond donors (Lipinski definition) is 1. The van der Waals surface area contributed by atoms with E-state index in [-0.39, 0.29) is 17.7 Å².